The molecule has 1 atom stereocenters. The van der Waals surface area contributed by atoms with Crippen LogP contribution in [-0.4, -0.2) is 21.4 Å². The smallest absolute Gasteiger partial charge is 0.408 e. The Morgan fingerprint density at radius 3 is 2.80 bits per heavy atom. The van der Waals surface area contributed by atoms with E-state index in [-0.39, 0.29) is 15.9 Å². The standard InChI is InChI=1S/C21H19FN4O4/c1-10-7-15(24-19(23)11(10)2)12-3-4-13(14(22)8-12)17-9-26(21(29)30-17)16-5-6-18(27)25-20(16)28/h3-4,7-9,16H,5-6H2,1-2H3,(H2,23,24)(H,25,27,28)/t16-/m1/s1/i5D2,6D2,16D. The number of piperidine rings is 1. The van der Waals surface area contributed by atoms with Crippen molar-refractivity contribution in [2.45, 2.75) is 32.6 Å². The first-order chi connectivity index (χ1) is 16.1. The van der Waals surface area contributed by atoms with Crippen molar-refractivity contribution in [1.29, 1.82) is 0 Å². The van der Waals surface area contributed by atoms with Crippen molar-refractivity contribution >= 4 is 17.6 Å². The summed E-state index contributed by atoms with van der Waals surface area (Å²) in [5.41, 5.74) is 8.05. The number of aryl methyl sites for hydroxylation is 1. The first-order valence-electron chi connectivity index (χ1n) is 11.3. The highest BCUT2D eigenvalue weighted by Crippen LogP contribution is 2.29. The first-order valence-corrected chi connectivity index (χ1v) is 8.75. The highest BCUT2D eigenvalue weighted by atomic mass is 19.1. The maximum absolute atomic E-state index is 15.0. The molecule has 0 spiro atoms. The number of nitrogens with zero attached hydrogens (tertiary/aromatic N) is 2. The summed E-state index contributed by atoms with van der Waals surface area (Å²) in [4.78, 5) is 41.0. The fourth-order valence-electron chi connectivity index (χ4n) is 2.94. The average Bonchev–Trinajstić information content (AvgIpc) is 3.16. The summed E-state index contributed by atoms with van der Waals surface area (Å²) in [6, 6.07) is 2.31. The van der Waals surface area contributed by atoms with Gasteiger partial charge in [0.25, 0.3) is 0 Å². The normalized spacial score (nSPS) is 24.8. The maximum atomic E-state index is 15.0. The van der Waals surface area contributed by atoms with Crippen LogP contribution in [-0.2, 0) is 9.59 Å². The van der Waals surface area contributed by atoms with Crippen LogP contribution >= 0.6 is 0 Å². The van der Waals surface area contributed by atoms with Gasteiger partial charge in [-0.3, -0.25) is 19.5 Å². The second-order valence-electron chi connectivity index (χ2n) is 6.64. The first kappa shape index (κ1) is 14.3. The lowest BCUT2D eigenvalue weighted by atomic mass is 10.0. The van der Waals surface area contributed by atoms with Gasteiger partial charge in [-0.25, -0.2) is 14.2 Å². The van der Waals surface area contributed by atoms with Crippen LogP contribution < -0.4 is 16.8 Å². The largest absolute Gasteiger partial charge is 0.420 e. The molecule has 1 aliphatic heterocycles. The number of oxazole rings is 1. The summed E-state index contributed by atoms with van der Waals surface area (Å²) in [6.07, 6.45) is -6.10. The third-order valence-electron chi connectivity index (χ3n) is 4.72. The zero-order chi connectivity index (χ0) is 26.1. The molecule has 9 heteroatoms. The Morgan fingerprint density at radius 2 is 2.10 bits per heavy atom. The fraction of sp³-hybridized carbons (Fsp3) is 0.238. The number of pyridine rings is 1. The second kappa shape index (κ2) is 7.25. The van der Waals surface area contributed by atoms with Crippen molar-refractivity contribution < 1.29 is 25.3 Å². The molecule has 0 unspecified atom stereocenters. The summed E-state index contributed by atoms with van der Waals surface area (Å²) >= 11 is 0. The molecule has 30 heavy (non-hydrogen) atoms. The van der Waals surface area contributed by atoms with Crippen LogP contribution in [0.15, 0.2) is 39.7 Å². The maximum Gasteiger partial charge on any atom is 0.420 e. The predicted octanol–water partition coefficient (Wildman–Crippen LogP) is 2.49. The van der Waals surface area contributed by atoms with Crippen molar-refractivity contribution in [2.75, 3.05) is 5.73 Å². The minimum Gasteiger partial charge on any atom is -0.408 e. The molecule has 3 aromatic rings. The molecule has 0 saturated carbocycles. The van der Waals surface area contributed by atoms with Crippen molar-refractivity contribution in [2.24, 2.45) is 0 Å². The van der Waals surface area contributed by atoms with Gasteiger partial charge in [0.05, 0.1) is 18.8 Å². The minimum atomic E-state index is -3.48. The van der Waals surface area contributed by atoms with E-state index in [9.17, 15) is 14.4 Å². The number of carbonyl (C=O) groups excluding carboxylic acids is 2. The third kappa shape index (κ3) is 3.38. The van der Waals surface area contributed by atoms with Gasteiger partial charge in [-0.15, -0.1) is 0 Å². The quantitative estimate of drug-likeness (QED) is 0.634. The van der Waals surface area contributed by atoms with Gasteiger partial charge < -0.3 is 10.2 Å². The van der Waals surface area contributed by atoms with Crippen LogP contribution in [0.4, 0.5) is 10.2 Å². The van der Waals surface area contributed by atoms with Crippen molar-refractivity contribution in [3.63, 3.8) is 0 Å². The molecule has 1 fully saturated rings. The minimum absolute atomic E-state index is 0.195. The number of nitrogen functional groups attached to an aromatic ring is 1. The molecule has 0 aliphatic carbocycles. The molecule has 0 bridgehead atoms. The van der Waals surface area contributed by atoms with Gasteiger partial charge in [-0.1, -0.05) is 6.07 Å². The number of hydrogen-bond acceptors (Lipinski definition) is 6. The molecule has 0 radical (unpaired) electrons. The number of hydrogen-bond donors (Lipinski definition) is 2. The Kier molecular flexibility index (Phi) is 3.45. The van der Waals surface area contributed by atoms with E-state index < -0.39 is 47.9 Å². The summed E-state index contributed by atoms with van der Waals surface area (Å²) in [5.74, 6) is -5.61. The lowest BCUT2D eigenvalue weighted by molar-refractivity contribution is -0.135. The van der Waals surface area contributed by atoms with Crippen LogP contribution in [0.25, 0.3) is 22.6 Å². The Morgan fingerprint density at radius 1 is 1.33 bits per heavy atom. The number of carbonyl (C=O) groups is 2. The molecule has 4 rings (SSSR count). The van der Waals surface area contributed by atoms with Gasteiger partial charge in [-0.2, -0.15) is 0 Å². The van der Waals surface area contributed by atoms with E-state index in [4.69, 9.17) is 17.0 Å². The van der Waals surface area contributed by atoms with Gasteiger partial charge in [-0.05, 0) is 49.5 Å². The summed E-state index contributed by atoms with van der Waals surface area (Å²) in [5, 5.41) is 1.57. The Hall–Kier alpha value is -3.75. The number of anilines is 1. The van der Waals surface area contributed by atoms with Crippen molar-refractivity contribution in [3.8, 4) is 22.6 Å². The SMILES string of the molecule is [2H]C1([2H])C(=O)NC(=O)[C@]([2H])(n2cc(-c3ccc(-c4cc(C)c(C)c(N)n4)cc3F)oc2=O)C1([2H])[2H]. The molecular formula is C21H19FN4O4. The number of rotatable bonds is 3. The van der Waals surface area contributed by atoms with Gasteiger partial charge in [0.15, 0.2) is 5.76 Å². The Bertz CT molecular complexity index is 1450. The van der Waals surface area contributed by atoms with E-state index in [1.807, 2.05) is 6.92 Å². The molecule has 1 saturated heterocycles. The lowest BCUT2D eigenvalue weighted by Gasteiger charge is -2.20. The van der Waals surface area contributed by atoms with E-state index in [2.05, 4.69) is 4.98 Å². The molecular weight excluding hydrogens is 391 g/mol. The highest BCUT2D eigenvalue weighted by molar-refractivity contribution is 5.99. The summed E-state index contributed by atoms with van der Waals surface area (Å²) < 4.78 is 60.2. The number of imide groups is 1. The number of aromatic nitrogens is 2. The Labute approximate surface area is 177 Å². The van der Waals surface area contributed by atoms with Crippen LogP contribution in [0.1, 0.15) is 36.7 Å². The topological polar surface area (TPSA) is 120 Å². The summed E-state index contributed by atoms with van der Waals surface area (Å²) in [6.45, 7) is 3.62. The average molecular weight is 415 g/mol. The predicted molar refractivity (Wildman–Crippen MR) is 107 cm³/mol. The monoisotopic (exact) mass is 415 g/mol. The molecule has 154 valence electrons. The van der Waals surface area contributed by atoms with Crippen LogP contribution in [0.2, 0.25) is 0 Å². The van der Waals surface area contributed by atoms with Crippen LogP contribution in [0.5, 0.6) is 0 Å². The zero-order valence-corrected chi connectivity index (χ0v) is 15.9. The molecule has 1 aliphatic rings. The van der Waals surface area contributed by atoms with Gasteiger partial charge in [0.1, 0.15) is 17.7 Å². The van der Waals surface area contributed by atoms with Crippen molar-refractivity contribution in [1.82, 2.24) is 14.9 Å². The number of benzene rings is 1. The molecule has 3 N–H and O–H groups in total. The number of amides is 2. The van der Waals surface area contributed by atoms with Crippen molar-refractivity contribution in [3.05, 3.63) is 58.0 Å². The number of halogens is 1. The highest BCUT2D eigenvalue weighted by Gasteiger charge is 2.30. The van der Waals surface area contributed by atoms with E-state index in [0.29, 0.717) is 11.3 Å². The molecule has 1 aromatic carbocycles. The second-order valence-corrected chi connectivity index (χ2v) is 6.64. The molecule has 2 aromatic heterocycles. The van der Waals surface area contributed by atoms with Crippen LogP contribution in [0, 0.1) is 19.7 Å². The number of nitrogens with two attached hydrogens (primary N) is 1. The van der Waals surface area contributed by atoms with E-state index >= 15 is 4.39 Å². The van der Waals surface area contributed by atoms with Gasteiger partial charge in [0, 0.05) is 17.4 Å². The third-order valence-corrected chi connectivity index (χ3v) is 4.72. The fourth-order valence-corrected chi connectivity index (χ4v) is 2.94. The van der Waals surface area contributed by atoms with E-state index in [0.717, 1.165) is 23.4 Å². The molecule has 3 heterocycles. The summed E-state index contributed by atoms with van der Waals surface area (Å²) in [7, 11) is 0. The lowest BCUT2D eigenvalue weighted by Crippen LogP contribution is -2.43. The Balaban J connectivity index is 1.80. The van der Waals surface area contributed by atoms with E-state index in [1.54, 1.807) is 18.3 Å². The van der Waals surface area contributed by atoms with Crippen LogP contribution in [0.3, 0.4) is 0 Å². The van der Waals surface area contributed by atoms with E-state index in [1.165, 1.54) is 12.1 Å². The molecule has 2 amide bonds. The van der Waals surface area contributed by atoms with Gasteiger partial charge in [0.2, 0.25) is 11.8 Å². The number of nitrogens with one attached hydrogen (secondary N) is 1. The van der Waals surface area contributed by atoms with Gasteiger partial charge >= 0.3 is 5.76 Å². The molecule has 8 nitrogen and oxygen atoms in total. The zero-order valence-electron chi connectivity index (χ0n) is 20.9.